The zero-order chi connectivity index (χ0) is 14.4. The van der Waals surface area contributed by atoms with Crippen LogP contribution < -0.4 is 10.6 Å². The van der Waals surface area contributed by atoms with E-state index in [0.717, 1.165) is 44.1 Å². The van der Waals surface area contributed by atoms with Crippen molar-refractivity contribution >= 4 is 23.2 Å². The van der Waals surface area contributed by atoms with Gasteiger partial charge in [0.05, 0.1) is 6.54 Å². The van der Waals surface area contributed by atoms with Gasteiger partial charge in [0.15, 0.2) is 0 Å². The van der Waals surface area contributed by atoms with Gasteiger partial charge in [-0.1, -0.05) is 17.7 Å². The number of piperidine rings is 1. The largest absolute Gasteiger partial charge is 0.325 e. The third kappa shape index (κ3) is 4.78. The number of amides is 1. The van der Waals surface area contributed by atoms with E-state index in [-0.39, 0.29) is 5.91 Å². The highest BCUT2D eigenvalue weighted by Crippen LogP contribution is 2.17. The van der Waals surface area contributed by atoms with E-state index < -0.39 is 0 Å². The lowest BCUT2D eigenvalue weighted by atomic mass is 9.97. The van der Waals surface area contributed by atoms with Gasteiger partial charge >= 0.3 is 0 Å². The number of hydrogen-bond acceptors (Lipinski definition) is 3. The van der Waals surface area contributed by atoms with E-state index in [1.807, 2.05) is 19.2 Å². The van der Waals surface area contributed by atoms with E-state index in [1.165, 1.54) is 0 Å². The highest BCUT2D eigenvalue weighted by molar-refractivity contribution is 6.30. The zero-order valence-electron chi connectivity index (χ0n) is 11.9. The van der Waals surface area contributed by atoms with Crippen molar-refractivity contribution in [1.29, 1.82) is 0 Å². The molecule has 5 heteroatoms. The quantitative estimate of drug-likeness (QED) is 0.875. The van der Waals surface area contributed by atoms with Gasteiger partial charge in [-0.05, 0) is 63.6 Å². The molecule has 1 saturated heterocycles. The summed E-state index contributed by atoms with van der Waals surface area (Å²) in [5.74, 6) is 0.770. The first kappa shape index (κ1) is 15.3. The maximum atomic E-state index is 12.0. The van der Waals surface area contributed by atoms with Crippen LogP contribution in [0.1, 0.15) is 12.8 Å². The normalized spacial score (nSPS) is 17.1. The van der Waals surface area contributed by atoms with E-state index >= 15 is 0 Å². The van der Waals surface area contributed by atoms with Gasteiger partial charge < -0.3 is 10.6 Å². The van der Waals surface area contributed by atoms with Gasteiger partial charge in [0.2, 0.25) is 5.91 Å². The molecule has 2 N–H and O–H groups in total. The molecule has 0 bridgehead atoms. The summed E-state index contributed by atoms with van der Waals surface area (Å²) in [6, 6.07) is 7.24. The number of likely N-dealkylation sites (tertiary alicyclic amines) is 1. The van der Waals surface area contributed by atoms with Crippen LogP contribution >= 0.6 is 11.6 Å². The molecule has 0 atom stereocenters. The first-order valence-electron chi connectivity index (χ1n) is 7.10. The molecule has 0 aromatic heterocycles. The van der Waals surface area contributed by atoms with Gasteiger partial charge in [-0.25, -0.2) is 0 Å². The molecule has 1 aliphatic rings. The minimum absolute atomic E-state index is 0.0272. The van der Waals surface area contributed by atoms with Gasteiger partial charge in [-0.3, -0.25) is 9.69 Å². The molecule has 1 fully saturated rings. The fraction of sp³-hybridized carbons (Fsp3) is 0.533. The van der Waals surface area contributed by atoms with Crippen molar-refractivity contribution in [3.63, 3.8) is 0 Å². The molecule has 0 saturated carbocycles. The average Bonchev–Trinajstić information content (AvgIpc) is 2.41. The average molecular weight is 296 g/mol. The van der Waals surface area contributed by atoms with Crippen LogP contribution in [-0.2, 0) is 4.79 Å². The van der Waals surface area contributed by atoms with Crippen molar-refractivity contribution < 1.29 is 4.79 Å². The Balaban J connectivity index is 1.75. The highest BCUT2D eigenvalue weighted by atomic mass is 35.5. The first-order valence-corrected chi connectivity index (χ1v) is 7.47. The number of benzene rings is 1. The van der Waals surface area contributed by atoms with E-state index in [2.05, 4.69) is 15.5 Å². The SMILES string of the molecule is CNCC1CCN(CC(=O)Nc2cccc(Cl)c2)CC1. The molecule has 1 amide bonds. The van der Waals surface area contributed by atoms with E-state index in [4.69, 9.17) is 11.6 Å². The number of nitrogens with one attached hydrogen (secondary N) is 2. The lowest BCUT2D eigenvalue weighted by molar-refractivity contribution is -0.117. The lowest BCUT2D eigenvalue weighted by Crippen LogP contribution is -2.40. The smallest absolute Gasteiger partial charge is 0.238 e. The van der Waals surface area contributed by atoms with Crippen LogP contribution in [0.5, 0.6) is 0 Å². The Morgan fingerprint density at radius 2 is 2.15 bits per heavy atom. The van der Waals surface area contributed by atoms with Crippen LogP contribution in [0.2, 0.25) is 5.02 Å². The summed E-state index contributed by atoms with van der Waals surface area (Å²) in [5, 5.41) is 6.74. The predicted molar refractivity (Wildman–Crippen MR) is 83.2 cm³/mol. The molecule has 110 valence electrons. The van der Waals surface area contributed by atoms with Crippen molar-refractivity contribution in [3.8, 4) is 0 Å². The van der Waals surface area contributed by atoms with Crippen molar-refractivity contribution in [1.82, 2.24) is 10.2 Å². The van der Waals surface area contributed by atoms with Crippen LogP contribution in [0.15, 0.2) is 24.3 Å². The van der Waals surface area contributed by atoms with E-state index in [9.17, 15) is 4.79 Å². The van der Waals surface area contributed by atoms with Crippen molar-refractivity contribution in [2.75, 3.05) is 38.5 Å². The van der Waals surface area contributed by atoms with Crippen LogP contribution in [0.25, 0.3) is 0 Å². The molecular weight excluding hydrogens is 274 g/mol. The molecule has 0 spiro atoms. The third-order valence-corrected chi connectivity index (χ3v) is 3.91. The number of anilines is 1. The second-order valence-corrected chi connectivity index (χ2v) is 5.77. The molecule has 1 heterocycles. The monoisotopic (exact) mass is 295 g/mol. The summed E-state index contributed by atoms with van der Waals surface area (Å²) in [6.07, 6.45) is 2.32. The molecular formula is C15H22ClN3O. The Bertz CT molecular complexity index is 444. The first-order chi connectivity index (χ1) is 9.67. The highest BCUT2D eigenvalue weighted by Gasteiger charge is 2.20. The minimum atomic E-state index is 0.0272. The second-order valence-electron chi connectivity index (χ2n) is 5.34. The molecule has 0 aliphatic carbocycles. The third-order valence-electron chi connectivity index (χ3n) is 3.68. The Labute approximate surface area is 125 Å². The molecule has 0 radical (unpaired) electrons. The Hall–Kier alpha value is -1.10. The van der Waals surface area contributed by atoms with E-state index in [1.54, 1.807) is 12.1 Å². The second kappa shape index (κ2) is 7.62. The molecule has 4 nitrogen and oxygen atoms in total. The lowest BCUT2D eigenvalue weighted by Gasteiger charge is -2.31. The standard InChI is InChI=1S/C15H22ClN3O/c1-17-10-12-5-7-19(8-6-12)11-15(20)18-14-4-2-3-13(16)9-14/h2-4,9,12,17H,5-8,10-11H2,1H3,(H,18,20). The molecule has 2 rings (SSSR count). The summed E-state index contributed by atoms with van der Waals surface area (Å²) in [5.41, 5.74) is 0.757. The summed E-state index contributed by atoms with van der Waals surface area (Å²) < 4.78 is 0. The van der Waals surface area contributed by atoms with Gasteiger partial charge in [0.25, 0.3) is 0 Å². The molecule has 20 heavy (non-hydrogen) atoms. The van der Waals surface area contributed by atoms with E-state index in [0.29, 0.717) is 11.6 Å². The summed E-state index contributed by atoms with van der Waals surface area (Å²) in [4.78, 5) is 14.2. The Morgan fingerprint density at radius 1 is 1.40 bits per heavy atom. The summed E-state index contributed by atoms with van der Waals surface area (Å²) in [7, 11) is 1.99. The number of halogens is 1. The number of rotatable bonds is 5. The van der Waals surface area contributed by atoms with Crippen LogP contribution in [0.4, 0.5) is 5.69 Å². The number of carbonyl (C=O) groups excluding carboxylic acids is 1. The number of hydrogen-bond donors (Lipinski definition) is 2. The fourth-order valence-corrected chi connectivity index (χ4v) is 2.80. The van der Waals surface area contributed by atoms with Crippen molar-refractivity contribution in [3.05, 3.63) is 29.3 Å². The molecule has 1 aromatic carbocycles. The predicted octanol–water partition coefficient (Wildman–Crippen LogP) is 2.21. The van der Waals surface area contributed by atoms with Gasteiger partial charge in [0, 0.05) is 10.7 Å². The maximum absolute atomic E-state index is 12.0. The van der Waals surface area contributed by atoms with Gasteiger partial charge in [0.1, 0.15) is 0 Å². The minimum Gasteiger partial charge on any atom is -0.325 e. The van der Waals surface area contributed by atoms with Crippen LogP contribution in [-0.4, -0.2) is 44.0 Å². The number of carbonyl (C=O) groups is 1. The fourth-order valence-electron chi connectivity index (χ4n) is 2.61. The zero-order valence-corrected chi connectivity index (χ0v) is 12.6. The van der Waals surface area contributed by atoms with Gasteiger partial charge in [-0.2, -0.15) is 0 Å². The van der Waals surface area contributed by atoms with Crippen LogP contribution in [0, 0.1) is 5.92 Å². The van der Waals surface area contributed by atoms with Gasteiger partial charge in [-0.15, -0.1) is 0 Å². The number of nitrogens with zero attached hydrogens (tertiary/aromatic N) is 1. The Morgan fingerprint density at radius 3 is 2.80 bits per heavy atom. The Kier molecular flexibility index (Phi) is 5.83. The summed E-state index contributed by atoms with van der Waals surface area (Å²) in [6.45, 7) is 3.52. The molecule has 1 aliphatic heterocycles. The van der Waals surface area contributed by atoms with Crippen molar-refractivity contribution in [2.45, 2.75) is 12.8 Å². The molecule has 1 aromatic rings. The van der Waals surface area contributed by atoms with Crippen LogP contribution in [0.3, 0.4) is 0 Å². The summed E-state index contributed by atoms with van der Waals surface area (Å²) >= 11 is 5.90. The molecule has 0 unspecified atom stereocenters. The topological polar surface area (TPSA) is 44.4 Å². The van der Waals surface area contributed by atoms with Crippen molar-refractivity contribution in [2.24, 2.45) is 5.92 Å². The maximum Gasteiger partial charge on any atom is 0.238 e.